The van der Waals surface area contributed by atoms with Crippen molar-refractivity contribution in [3.8, 4) is 11.8 Å². The Kier molecular flexibility index (Phi) is 4.83. The molecule has 2 aliphatic rings. The van der Waals surface area contributed by atoms with Gasteiger partial charge in [-0.1, -0.05) is 24.0 Å². The first kappa shape index (κ1) is 17.6. The van der Waals surface area contributed by atoms with Gasteiger partial charge >= 0.3 is 0 Å². The monoisotopic (exact) mass is 360 g/mol. The first-order valence-corrected chi connectivity index (χ1v) is 9.45. The fourth-order valence-electron chi connectivity index (χ4n) is 4.13. The summed E-state index contributed by atoms with van der Waals surface area (Å²) in [4.78, 5) is 20.8. The van der Waals surface area contributed by atoms with Crippen LogP contribution in [0.5, 0.6) is 0 Å². The molecular formula is C22H24N4O. The number of hydrogen-bond acceptors (Lipinski definition) is 4. The van der Waals surface area contributed by atoms with E-state index in [1.165, 1.54) is 5.56 Å². The molecule has 5 nitrogen and oxygen atoms in total. The number of anilines is 1. The van der Waals surface area contributed by atoms with Gasteiger partial charge in [-0.25, -0.2) is 4.98 Å². The number of amides is 1. The van der Waals surface area contributed by atoms with Crippen LogP contribution < -0.4 is 10.6 Å². The van der Waals surface area contributed by atoms with Gasteiger partial charge in [0.05, 0.1) is 11.6 Å². The Labute approximate surface area is 160 Å². The second kappa shape index (κ2) is 7.42. The van der Waals surface area contributed by atoms with Gasteiger partial charge in [0.25, 0.3) is 5.91 Å². The molecule has 0 spiro atoms. The van der Waals surface area contributed by atoms with Crippen LogP contribution in [0.25, 0.3) is 0 Å². The van der Waals surface area contributed by atoms with Crippen LogP contribution in [0.15, 0.2) is 42.6 Å². The van der Waals surface area contributed by atoms with Gasteiger partial charge in [0.2, 0.25) is 0 Å². The average molecular weight is 360 g/mol. The molecule has 2 aliphatic heterocycles. The van der Waals surface area contributed by atoms with Crippen LogP contribution in [0.3, 0.4) is 0 Å². The van der Waals surface area contributed by atoms with E-state index in [0.29, 0.717) is 23.5 Å². The third-order valence-electron chi connectivity index (χ3n) is 5.45. The Morgan fingerprint density at radius 1 is 1.22 bits per heavy atom. The summed E-state index contributed by atoms with van der Waals surface area (Å²) in [6.07, 6.45) is 3.92. The smallest absolute Gasteiger partial charge is 0.252 e. The molecule has 1 aromatic carbocycles. The summed E-state index contributed by atoms with van der Waals surface area (Å²) in [5, 5.41) is 0. The van der Waals surface area contributed by atoms with Gasteiger partial charge in [0, 0.05) is 37.4 Å². The van der Waals surface area contributed by atoms with Gasteiger partial charge < -0.3 is 10.6 Å². The summed E-state index contributed by atoms with van der Waals surface area (Å²) in [7, 11) is 0. The maximum absolute atomic E-state index is 11.7. The highest BCUT2D eigenvalue weighted by atomic mass is 16.1. The van der Waals surface area contributed by atoms with Gasteiger partial charge in [0.1, 0.15) is 5.82 Å². The minimum atomic E-state index is -0.422. The maximum Gasteiger partial charge on any atom is 0.252 e. The number of aromatic nitrogens is 1. The fourth-order valence-corrected chi connectivity index (χ4v) is 4.13. The highest BCUT2D eigenvalue weighted by molar-refractivity contribution is 5.97. The molecule has 0 radical (unpaired) electrons. The summed E-state index contributed by atoms with van der Waals surface area (Å²) < 4.78 is 0. The van der Waals surface area contributed by atoms with E-state index in [2.05, 4.69) is 57.8 Å². The van der Waals surface area contributed by atoms with E-state index in [-0.39, 0.29) is 0 Å². The minimum Gasteiger partial charge on any atom is -0.365 e. The van der Waals surface area contributed by atoms with Crippen molar-refractivity contribution in [3.05, 3.63) is 59.3 Å². The number of carbonyl (C=O) groups is 1. The Bertz CT molecular complexity index is 914. The quantitative estimate of drug-likeness (QED) is 0.834. The van der Waals surface area contributed by atoms with E-state index in [1.54, 1.807) is 18.3 Å². The summed E-state index contributed by atoms with van der Waals surface area (Å²) in [5.41, 5.74) is 8.34. The van der Waals surface area contributed by atoms with Crippen LogP contribution in [0.1, 0.15) is 34.3 Å². The Morgan fingerprint density at radius 2 is 2.11 bits per heavy atom. The Morgan fingerprint density at radius 3 is 2.93 bits per heavy atom. The van der Waals surface area contributed by atoms with Crippen molar-refractivity contribution in [2.24, 2.45) is 5.73 Å². The average Bonchev–Trinajstić information content (AvgIpc) is 3.08. The molecule has 1 aromatic heterocycles. The van der Waals surface area contributed by atoms with E-state index in [4.69, 9.17) is 5.73 Å². The van der Waals surface area contributed by atoms with E-state index in [0.717, 1.165) is 38.0 Å². The number of carbonyl (C=O) groups excluding carboxylic acids is 1. The number of primary amides is 1. The second-order valence-corrected chi connectivity index (χ2v) is 7.31. The predicted octanol–water partition coefficient (Wildman–Crippen LogP) is 2.19. The van der Waals surface area contributed by atoms with Crippen LogP contribution in [0.4, 0.5) is 5.82 Å². The molecule has 27 heavy (non-hydrogen) atoms. The lowest BCUT2D eigenvalue weighted by Crippen LogP contribution is -2.53. The Balaban J connectivity index is 1.47. The zero-order chi connectivity index (χ0) is 18.8. The highest BCUT2D eigenvalue weighted by Crippen LogP contribution is 2.30. The van der Waals surface area contributed by atoms with Gasteiger partial charge in [-0.15, -0.1) is 0 Å². The number of benzene rings is 1. The van der Waals surface area contributed by atoms with Crippen molar-refractivity contribution in [1.82, 2.24) is 9.88 Å². The van der Waals surface area contributed by atoms with Gasteiger partial charge in [-0.05, 0) is 49.6 Å². The number of fused-ring (bicyclic) bond motifs is 1. The standard InChI is InChI=1S/C22H24N4O/c1-16-4-2-5-17(14-16)7-8-18-9-10-19-15-25(12-13-26(18)19)22-20(21(23)27)6-3-11-24-22/h2-6,11,14,18-19H,9-10,12-13,15H2,1H3,(H2,23,27)/t18-,19?/m0/s1. The van der Waals surface area contributed by atoms with Gasteiger partial charge in [0.15, 0.2) is 0 Å². The second-order valence-electron chi connectivity index (χ2n) is 7.31. The van der Waals surface area contributed by atoms with E-state index >= 15 is 0 Å². The molecule has 1 unspecified atom stereocenters. The molecule has 2 N–H and O–H groups in total. The first-order chi connectivity index (χ1) is 13.1. The number of piperazine rings is 1. The number of rotatable bonds is 2. The van der Waals surface area contributed by atoms with Crippen molar-refractivity contribution >= 4 is 11.7 Å². The van der Waals surface area contributed by atoms with Crippen molar-refractivity contribution in [2.75, 3.05) is 24.5 Å². The van der Waals surface area contributed by atoms with Crippen LogP contribution in [-0.4, -0.2) is 47.5 Å². The molecule has 2 fully saturated rings. The molecule has 2 aromatic rings. The lowest BCUT2D eigenvalue weighted by Gasteiger charge is -2.39. The van der Waals surface area contributed by atoms with Gasteiger partial charge in [-0.2, -0.15) is 0 Å². The third-order valence-corrected chi connectivity index (χ3v) is 5.45. The number of nitrogens with two attached hydrogens (primary N) is 1. The van der Waals surface area contributed by atoms with Crippen LogP contribution in [0, 0.1) is 18.8 Å². The predicted molar refractivity (Wildman–Crippen MR) is 107 cm³/mol. The normalized spacial score (nSPS) is 22.0. The van der Waals surface area contributed by atoms with E-state index < -0.39 is 5.91 Å². The molecule has 2 atom stereocenters. The van der Waals surface area contributed by atoms with Gasteiger partial charge in [-0.3, -0.25) is 9.69 Å². The molecule has 5 heteroatoms. The number of hydrogen-bond donors (Lipinski definition) is 1. The van der Waals surface area contributed by atoms with E-state index in [1.807, 2.05) is 0 Å². The first-order valence-electron chi connectivity index (χ1n) is 9.45. The van der Waals surface area contributed by atoms with Crippen LogP contribution in [-0.2, 0) is 0 Å². The molecule has 3 heterocycles. The summed E-state index contributed by atoms with van der Waals surface area (Å²) in [5.74, 6) is 7.11. The SMILES string of the molecule is Cc1cccc(C#C[C@H]2CCC3CN(c4ncccc4C(N)=O)CCN32)c1. The molecule has 0 bridgehead atoms. The zero-order valence-corrected chi connectivity index (χ0v) is 15.6. The Hall–Kier alpha value is -2.84. The largest absolute Gasteiger partial charge is 0.365 e. The molecule has 1 amide bonds. The topological polar surface area (TPSA) is 62.5 Å². The highest BCUT2D eigenvalue weighted by Gasteiger charge is 2.37. The van der Waals surface area contributed by atoms with Crippen LogP contribution >= 0.6 is 0 Å². The minimum absolute atomic E-state index is 0.303. The molecule has 4 rings (SSSR count). The van der Waals surface area contributed by atoms with Crippen molar-refractivity contribution in [2.45, 2.75) is 31.8 Å². The lowest BCUT2D eigenvalue weighted by molar-refractivity contribution is 0.1000. The maximum atomic E-state index is 11.7. The van der Waals surface area contributed by atoms with Crippen LogP contribution in [0.2, 0.25) is 0 Å². The summed E-state index contributed by atoms with van der Waals surface area (Å²) in [6.45, 7) is 4.71. The number of aryl methyl sites for hydroxylation is 1. The third kappa shape index (κ3) is 3.67. The van der Waals surface area contributed by atoms with Crippen molar-refractivity contribution in [1.29, 1.82) is 0 Å². The van der Waals surface area contributed by atoms with E-state index in [9.17, 15) is 4.79 Å². The van der Waals surface area contributed by atoms with Crippen molar-refractivity contribution < 1.29 is 4.79 Å². The summed E-state index contributed by atoms with van der Waals surface area (Å²) >= 11 is 0. The molecule has 2 saturated heterocycles. The molecular weight excluding hydrogens is 336 g/mol. The molecule has 0 saturated carbocycles. The lowest BCUT2D eigenvalue weighted by atomic mass is 10.1. The fraction of sp³-hybridized carbons (Fsp3) is 0.364. The van der Waals surface area contributed by atoms with Crippen molar-refractivity contribution in [3.63, 3.8) is 0 Å². The zero-order valence-electron chi connectivity index (χ0n) is 15.6. The summed E-state index contributed by atoms with van der Waals surface area (Å²) in [6, 6.07) is 12.6. The number of nitrogens with zero attached hydrogens (tertiary/aromatic N) is 3. The molecule has 0 aliphatic carbocycles. The molecule has 138 valence electrons. The number of pyridine rings is 1.